The molecule has 4 atom stereocenters. The van der Waals surface area contributed by atoms with Crippen LogP contribution in [0.15, 0.2) is 54.9 Å². The quantitative estimate of drug-likeness (QED) is 0.684. The molecule has 0 bridgehead atoms. The molecule has 2 fully saturated rings. The smallest absolute Gasteiger partial charge is 0.251 e. The molecule has 3 aromatic rings. The van der Waals surface area contributed by atoms with Crippen LogP contribution in [-0.2, 0) is 9.47 Å². The lowest BCUT2D eigenvalue weighted by Crippen LogP contribution is -2.44. The number of nitrogens with zero attached hydrogens (tertiary/aromatic N) is 4. The van der Waals surface area contributed by atoms with Crippen LogP contribution < -0.4 is 10.1 Å². The number of pyridine rings is 1. The van der Waals surface area contributed by atoms with Gasteiger partial charge in [0.25, 0.3) is 5.91 Å². The van der Waals surface area contributed by atoms with Gasteiger partial charge in [0.2, 0.25) is 0 Å². The lowest BCUT2D eigenvalue weighted by molar-refractivity contribution is 0.0613. The first-order valence-electron chi connectivity index (χ1n) is 9.74. The molecule has 0 saturated carbocycles. The van der Waals surface area contributed by atoms with E-state index in [0.717, 1.165) is 5.69 Å². The highest BCUT2D eigenvalue weighted by Crippen LogP contribution is 2.34. The van der Waals surface area contributed by atoms with Gasteiger partial charge in [-0.05, 0) is 36.4 Å². The molecule has 2 saturated heterocycles. The zero-order valence-electron chi connectivity index (χ0n) is 16.3. The molecule has 1 amide bonds. The van der Waals surface area contributed by atoms with Crippen molar-refractivity contribution in [3.63, 3.8) is 0 Å². The Morgan fingerprint density at radius 3 is 2.70 bits per heavy atom. The maximum atomic E-state index is 12.6. The van der Waals surface area contributed by atoms with Crippen molar-refractivity contribution < 1.29 is 19.0 Å². The fourth-order valence-corrected chi connectivity index (χ4v) is 3.89. The number of amides is 1. The zero-order valence-corrected chi connectivity index (χ0v) is 16.3. The van der Waals surface area contributed by atoms with Crippen molar-refractivity contribution in [1.29, 1.82) is 0 Å². The number of hydrogen-bond donors (Lipinski definition) is 1. The van der Waals surface area contributed by atoms with Crippen LogP contribution in [0.1, 0.15) is 16.4 Å². The van der Waals surface area contributed by atoms with Crippen molar-refractivity contribution in [2.45, 2.75) is 24.3 Å². The number of hydrogen-bond acceptors (Lipinski definition) is 7. The maximum absolute atomic E-state index is 12.6. The Kier molecular flexibility index (Phi) is 4.89. The SMILES string of the molecule is COc1ccc(C(=O)N[C@@H]2CO[C@@H]3[C@@H]2OC[C@@H]3n2cc(-c3ccccn3)nn2)cc1. The Bertz CT molecular complexity index is 1020. The Hall–Kier alpha value is -3.30. The highest BCUT2D eigenvalue weighted by atomic mass is 16.6. The molecule has 5 rings (SSSR count). The first-order valence-corrected chi connectivity index (χ1v) is 9.74. The van der Waals surface area contributed by atoms with Crippen LogP contribution in [0.4, 0.5) is 0 Å². The van der Waals surface area contributed by atoms with Gasteiger partial charge in [-0.3, -0.25) is 9.78 Å². The summed E-state index contributed by atoms with van der Waals surface area (Å²) in [6.07, 6.45) is 3.13. The Labute approximate surface area is 173 Å². The first kappa shape index (κ1) is 18.7. The van der Waals surface area contributed by atoms with Crippen LogP contribution in [0.2, 0.25) is 0 Å². The second kappa shape index (κ2) is 7.85. The lowest BCUT2D eigenvalue weighted by Gasteiger charge is -2.18. The Morgan fingerprint density at radius 2 is 1.93 bits per heavy atom. The number of nitrogens with one attached hydrogen (secondary N) is 1. The van der Waals surface area contributed by atoms with E-state index in [1.807, 2.05) is 24.4 Å². The van der Waals surface area contributed by atoms with Crippen LogP contribution in [0.5, 0.6) is 5.75 Å². The molecule has 1 N–H and O–H groups in total. The number of rotatable bonds is 5. The maximum Gasteiger partial charge on any atom is 0.251 e. The Morgan fingerprint density at radius 1 is 1.10 bits per heavy atom. The second-order valence-corrected chi connectivity index (χ2v) is 7.27. The summed E-state index contributed by atoms with van der Waals surface area (Å²) in [7, 11) is 1.59. The van der Waals surface area contributed by atoms with E-state index in [9.17, 15) is 4.79 Å². The van der Waals surface area contributed by atoms with E-state index >= 15 is 0 Å². The van der Waals surface area contributed by atoms with Crippen molar-refractivity contribution in [3.8, 4) is 17.1 Å². The number of benzene rings is 1. The van der Waals surface area contributed by atoms with Gasteiger partial charge >= 0.3 is 0 Å². The number of carbonyl (C=O) groups is 1. The van der Waals surface area contributed by atoms with E-state index in [1.54, 1.807) is 42.3 Å². The van der Waals surface area contributed by atoms with Crippen molar-refractivity contribution in [3.05, 3.63) is 60.4 Å². The minimum Gasteiger partial charge on any atom is -0.497 e. The van der Waals surface area contributed by atoms with Crippen LogP contribution >= 0.6 is 0 Å². The van der Waals surface area contributed by atoms with Gasteiger partial charge in [0, 0.05) is 11.8 Å². The van der Waals surface area contributed by atoms with Gasteiger partial charge < -0.3 is 19.5 Å². The van der Waals surface area contributed by atoms with Crippen molar-refractivity contribution in [1.82, 2.24) is 25.3 Å². The summed E-state index contributed by atoms with van der Waals surface area (Å²) in [5.41, 5.74) is 2.02. The molecule has 9 nitrogen and oxygen atoms in total. The molecule has 30 heavy (non-hydrogen) atoms. The molecule has 9 heteroatoms. The molecule has 0 radical (unpaired) electrons. The minimum absolute atomic E-state index is 0.108. The van der Waals surface area contributed by atoms with Gasteiger partial charge in [0.15, 0.2) is 0 Å². The lowest BCUT2D eigenvalue weighted by atomic mass is 10.1. The van der Waals surface area contributed by atoms with E-state index in [-0.39, 0.29) is 30.2 Å². The summed E-state index contributed by atoms with van der Waals surface area (Å²) in [5, 5.41) is 11.5. The van der Waals surface area contributed by atoms with Crippen LogP contribution in [0.25, 0.3) is 11.4 Å². The van der Waals surface area contributed by atoms with Gasteiger partial charge in [0.05, 0.1) is 38.3 Å². The van der Waals surface area contributed by atoms with Crippen molar-refractivity contribution in [2.24, 2.45) is 0 Å². The fraction of sp³-hybridized carbons (Fsp3) is 0.333. The molecular weight excluding hydrogens is 386 g/mol. The molecular formula is C21H21N5O4. The second-order valence-electron chi connectivity index (χ2n) is 7.27. The molecule has 2 aliphatic rings. The molecule has 2 aromatic heterocycles. The zero-order chi connectivity index (χ0) is 20.5. The topological polar surface area (TPSA) is 100 Å². The minimum atomic E-state index is -0.236. The predicted molar refractivity (Wildman–Crippen MR) is 106 cm³/mol. The van der Waals surface area contributed by atoms with Crippen LogP contribution in [-0.4, -0.2) is 64.5 Å². The summed E-state index contributed by atoms with van der Waals surface area (Å²) < 4.78 is 18.9. The number of carbonyl (C=O) groups excluding carboxylic acids is 1. The van der Waals surface area contributed by atoms with Crippen molar-refractivity contribution in [2.75, 3.05) is 20.3 Å². The van der Waals surface area contributed by atoms with E-state index in [4.69, 9.17) is 14.2 Å². The van der Waals surface area contributed by atoms with Gasteiger partial charge in [-0.15, -0.1) is 5.10 Å². The highest BCUT2D eigenvalue weighted by molar-refractivity contribution is 5.94. The number of ether oxygens (including phenoxy) is 3. The van der Waals surface area contributed by atoms with Gasteiger partial charge in [0.1, 0.15) is 29.7 Å². The normalized spacial score (nSPS) is 25.1. The summed E-state index contributed by atoms with van der Waals surface area (Å²) >= 11 is 0. The highest BCUT2D eigenvalue weighted by Gasteiger charge is 2.49. The third-order valence-electron chi connectivity index (χ3n) is 5.47. The van der Waals surface area contributed by atoms with Gasteiger partial charge in [-0.25, -0.2) is 4.68 Å². The third kappa shape index (κ3) is 3.42. The van der Waals surface area contributed by atoms with Gasteiger partial charge in [-0.2, -0.15) is 0 Å². The van der Waals surface area contributed by atoms with Crippen LogP contribution in [0.3, 0.4) is 0 Å². The average Bonchev–Trinajstić information content (AvgIpc) is 3.52. The van der Waals surface area contributed by atoms with Crippen LogP contribution in [0, 0.1) is 0 Å². The summed E-state index contributed by atoms with van der Waals surface area (Å²) in [6.45, 7) is 0.824. The molecule has 0 unspecified atom stereocenters. The summed E-state index contributed by atoms with van der Waals surface area (Å²) in [4.78, 5) is 16.9. The predicted octanol–water partition coefficient (Wildman–Crippen LogP) is 1.49. The largest absolute Gasteiger partial charge is 0.497 e. The average molecular weight is 407 g/mol. The number of methoxy groups -OCH3 is 1. The molecule has 0 aliphatic carbocycles. The van der Waals surface area contributed by atoms with E-state index in [1.165, 1.54) is 0 Å². The molecule has 2 aliphatic heterocycles. The van der Waals surface area contributed by atoms with Gasteiger partial charge in [-0.1, -0.05) is 11.3 Å². The third-order valence-corrected chi connectivity index (χ3v) is 5.47. The standard InChI is InChI=1S/C21H21N5O4/c1-28-14-7-5-13(6-8-14)21(27)23-17-11-29-20-18(12-30-19(17)20)26-10-16(24-25-26)15-4-2-3-9-22-15/h2-10,17-20H,11-12H2,1H3,(H,23,27)/t17-,18+,19-,20+/m1/s1. The van der Waals surface area contributed by atoms with E-state index in [0.29, 0.717) is 30.2 Å². The molecule has 1 aromatic carbocycles. The van der Waals surface area contributed by atoms with E-state index < -0.39 is 0 Å². The molecule has 0 spiro atoms. The Balaban J connectivity index is 1.26. The first-order chi connectivity index (χ1) is 14.7. The molecule has 4 heterocycles. The molecule has 154 valence electrons. The summed E-state index contributed by atoms with van der Waals surface area (Å²) in [5.74, 6) is 0.535. The summed E-state index contributed by atoms with van der Waals surface area (Å²) in [6, 6.07) is 12.3. The number of fused-ring (bicyclic) bond motifs is 1. The number of aromatic nitrogens is 4. The van der Waals surface area contributed by atoms with E-state index in [2.05, 4.69) is 20.6 Å². The fourth-order valence-electron chi connectivity index (χ4n) is 3.89. The van der Waals surface area contributed by atoms with Crippen molar-refractivity contribution >= 4 is 5.91 Å². The monoisotopic (exact) mass is 407 g/mol.